The summed E-state index contributed by atoms with van der Waals surface area (Å²) < 4.78 is 27.4. The number of carbonyl (C=O) groups excluding carboxylic acids is 1. The number of nitrogens with zero attached hydrogens (tertiary/aromatic N) is 4. The molecule has 0 aliphatic carbocycles. The minimum Gasteiger partial charge on any atom is -0.320 e. The van der Waals surface area contributed by atoms with Gasteiger partial charge in [-0.25, -0.2) is 8.42 Å². The van der Waals surface area contributed by atoms with Crippen molar-refractivity contribution in [1.82, 2.24) is 19.3 Å². The van der Waals surface area contributed by atoms with Crippen molar-refractivity contribution in [2.45, 2.75) is 44.9 Å². The quantitative estimate of drug-likeness (QED) is 0.636. The fraction of sp³-hybridized carbons (Fsp3) is 0.348. The van der Waals surface area contributed by atoms with Gasteiger partial charge < -0.3 is 5.32 Å². The summed E-state index contributed by atoms with van der Waals surface area (Å²) in [5.41, 5.74) is 4.00. The molecule has 1 N–H and O–H groups in total. The number of carbonyl (C=O) groups is 1. The number of nitrogens with one attached hydrogen (secondary N) is 1. The monoisotopic (exact) mass is 453 g/mol. The molecule has 1 aliphatic rings. The second-order valence-corrected chi connectivity index (χ2v) is 10.1. The van der Waals surface area contributed by atoms with Crippen LogP contribution in [0.3, 0.4) is 0 Å². The third kappa shape index (κ3) is 4.44. The molecule has 1 aromatic heterocycles. The van der Waals surface area contributed by atoms with Gasteiger partial charge in [-0.3, -0.25) is 4.79 Å². The Morgan fingerprint density at radius 2 is 1.72 bits per heavy atom. The molecular weight excluding hydrogens is 426 g/mol. The van der Waals surface area contributed by atoms with Crippen LogP contribution >= 0.6 is 0 Å². The number of aryl methyl sites for hydroxylation is 3. The van der Waals surface area contributed by atoms with Crippen molar-refractivity contribution in [1.29, 1.82) is 0 Å². The Bertz CT molecular complexity index is 1260. The molecule has 2 heterocycles. The maximum absolute atomic E-state index is 13.0. The van der Waals surface area contributed by atoms with E-state index in [1.54, 1.807) is 25.1 Å². The Hall–Kier alpha value is -3.04. The maximum Gasteiger partial charge on any atom is 0.278 e. The van der Waals surface area contributed by atoms with Crippen molar-refractivity contribution in [3.63, 3.8) is 0 Å². The molecule has 9 heteroatoms. The Balaban J connectivity index is 1.56. The van der Waals surface area contributed by atoms with E-state index in [1.165, 1.54) is 15.2 Å². The van der Waals surface area contributed by atoms with E-state index in [1.807, 2.05) is 32.0 Å². The number of aromatic nitrogens is 3. The fourth-order valence-corrected chi connectivity index (χ4v) is 5.47. The summed E-state index contributed by atoms with van der Waals surface area (Å²) in [6, 6.07) is 12.3. The van der Waals surface area contributed by atoms with Gasteiger partial charge in [-0.2, -0.15) is 14.2 Å². The summed E-state index contributed by atoms with van der Waals surface area (Å²) in [4.78, 5) is 14.5. The second-order valence-electron chi connectivity index (χ2n) is 8.16. The zero-order chi connectivity index (χ0) is 22.9. The molecule has 0 spiro atoms. The van der Waals surface area contributed by atoms with Crippen molar-refractivity contribution in [3.8, 4) is 5.69 Å². The van der Waals surface area contributed by atoms with E-state index in [-0.39, 0.29) is 10.6 Å². The van der Waals surface area contributed by atoms with E-state index < -0.39 is 15.9 Å². The molecule has 1 amide bonds. The van der Waals surface area contributed by atoms with Crippen molar-refractivity contribution in [3.05, 3.63) is 65.0 Å². The summed E-state index contributed by atoms with van der Waals surface area (Å²) in [5.74, 6) is -0.439. The number of amides is 1. The molecule has 1 saturated heterocycles. The zero-order valence-corrected chi connectivity index (χ0v) is 19.3. The number of sulfonamides is 1. The smallest absolute Gasteiger partial charge is 0.278 e. The molecular formula is C23H27N5O3S. The third-order valence-electron chi connectivity index (χ3n) is 5.61. The Labute approximate surface area is 188 Å². The number of piperidine rings is 1. The van der Waals surface area contributed by atoms with Gasteiger partial charge in [0, 0.05) is 18.8 Å². The molecule has 0 atom stereocenters. The number of anilines is 1. The predicted octanol–water partition coefficient (Wildman–Crippen LogP) is 3.62. The molecule has 8 nitrogen and oxygen atoms in total. The summed E-state index contributed by atoms with van der Waals surface area (Å²) in [6.07, 6.45) is 2.78. The molecule has 1 aliphatic heterocycles. The summed E-state index contributed by atoms with van der Waals surface area (Å²) in [6.45, 7) is 6.75. The minimum atomic E-state index is -3.58. The van der Waals surface area contributed by atoms with Gasteiger partial charge in [0.25, 0.3) is 5.91 Å². The van der Waals surface area contributed by atoms with Gasteiger partial charge in [-0.15, -0.1) is 5.10 Å². The highest BCUT2D eigenvalue weighted by Crippen LogP contribution is 2.23. The summed E-state index contributed by atoms with van der Waals surface area (Å²) in [5, 5.41) is 11.5. The first-order valence-electron chi connectivity index (χ1n) is 10.7. The highest BCUT2D eigenvalue weighted by molar-refractivity contribution is 7.89. The van der Waals surface area contributed by atoms with Gasteiger partial charge in [-0.1, -0.05) is 30.2 Å². The molecule has 0 radical (unpaired) electrons. The standard InChI is InChI=1S/C23H27N5O3S/c1-16-10-11-21(17(2)14-16)28-25-18(3)22(26-28)23(29)24-19-8-7-9-20(15-19)32(30,31)27-12-5-4-6-13-27/h7-11,14-15H,4-6,12-13H2,1-3H3,(H,24,29). The lowest BCUT2D eigenvalue weighted by atomic mass is 10.1. The Morgan fingerprint density at radius 1 is 0.969 bits per heavy atom. The number of hydrogen-bond donors (Lipinski definition) is 1. The van der Waals surface area contributed by atoms with Crippen LogP contribution in [-0.2, 0) is 10.0 Å². The van der Waals surface area contributed by atoms with E-state index >= 15 is 0 Å². The number of benzene rings is 2. The van der Waals surface area contributed by atoms with Gasteiger partial charge in [-0.05, 0) is 63.4 Å². The van der Waals surface area contributed by atoms with E-state index in [9.17, 15) is 13.2 Å². The second kappa shape index (κ2) is 8.84. The maximum atomic E-state index is 13.0. The molecule has 0 bridgehead atoms. The molecule has 0 unspecified atom stereocenters. The van der Waals surface area contributed by atoms with Gasteiger partial charge in [0.15, 0.2) is 5.69 Å². The predicted molar refractivity (Wildman–Crippen MR) is 123 cm³/mol. The molecule has 32 heavy (non-hydrogen) atoms. The van der Waals surface area contributed by atoms with E-state index in [0.717, 1.165) is 36.1 Å². The zero-order valence-electron chi connectivity index (χ0n) is 18.5. The molecule has 168 valence electrons. The van der Waals surface area contributed by atoms with Crippen LogP contribution in [0.2, 0.25) is 0 Å². The molecule has 4 rings (SSSR count). The third-order valence-corrected chi connectivity index (χ3v) is 7.50. The highest BCUT2D eigenvalue weighted by atomic mass is 32.2. The van der Waals surface area contributed by atoms with E-state index in [0.29, 0.717) is 24.5 Å². The summed E-state index contributed by atoms with van der Waals surface area (Å²) in [7, 11) is -3.58. The van der Waals surface area contributed by atoms with Crippen LogP contribution in [-0.4, -0.2) is 46.7 Å². The molecule has 3 aromatic rings. The lowest BCUT2D eigenvalue weighted by Crippen LogP contribution is -2.35. The first-order chi connectivity index (χ1) is 15.3. The molecule has 2 aromatic carbocycles. The Kier molecular flexibility index (Phi) is 6.12. The average Bonchev–Trinajstić information content (AvgIpc) is 3.16. The van der Waals surface area contributed by atoms with Gasteiger partial charge in [0.2, 0.25) is 10.0 Å². The van der Waals surface area contributed by atoms with Crippen LogP contribution in [0.5, 0.6) is 0 Å². The Morgan fingerprint density at radius 3 is 2.44 bits per heavy atom. The number of hydrogen-bond acceptors (Lipinski definition) is 5. The van der Waals surface area contributed by atoms with Crippen molar-refractivity contribution in [2.75, 3.05) is 18.4 Å². The van der Waals surface area contributed by atoms with Gasteiger partial charge >= 0.3 is 0 Å². The molecule has 0 saturated carbocycles. The van der Waals surface area contributed by atoms with E-state index in [2.05, 4.69) is 15.5 Å². The lowest BCUT2D eigenvalue weighted by Gasteiger charge is -2.26. The average molecular weight is 454 g/mol. The molecule has 1 fully saturated rings. The normalized spacial score (nSPS) is 15.0. The fourth-order valence-electron chi connectivity index (χ4n) is 3.91. The highest BCUT2D eigenvalue weighted by Gasteiger charge is 2.26. The lowest BCUT2D eigenvalue weighted by molar-refractivity contribution is 0.102. The van der Waals surface area contributed by atoms with Crippen LogP contribution < -0.4 is 5.32 Å². The largest absolute Gasteiger partial charge is 0.320 e. The SMILES string of the molecule is Cc1ccc(-n2nc(C)c(C(=O)Nc3cccc(S(=O)(=O)N4CCCCC4)c3)n2)c(C)c1. The van der Waals surface area contributed by atoms with Crippen molar-refractivity contribution in [2.24, 2.45) is 0 Å². The van der Waals surface area contributed by atoms with Crippen LogP contribution in [0.25, 0.3) is 5.69 Å². The number of rotatable bonds is 5. The van der Waals surface area contributed by atoms with Gasteiger partial charge in [0.1, 0.15) is 0 Å². The van der Waals surface area contributed by atoms with E-state index in [4.69, 9.17) is 0 Å². The first-order valence-corrected chi connectivity index (χ1v) is 12.1. The first kappa shape index (κ1) is 22.2. The van der Waals surface area contributed by atoms with Crippen molar-refractivity contribution >= 4 is 21.6 Å². The summed E-state index contributed by atoms with van der Waals surface area (Å²) >= 11 is 0. The van der Waals surface area contributed by atoms with Crippen LogP contribution in [0, 0.1) is 20.8 Å². The van der Waals surface area contributed by atoms with Gasteiger partial charge in [0.05, 0.1) is 16.3 Å². The van der Waals surface area contributed by atoms with Crippen LogP contribution in [0.15, 0.2) is 47.4 Å². The topological polar surface area (TPSA) is 97.2 Å². The van der Waals surface area contributed by atoms with Crippen LogP contribution in [0.4, 0.5) is 5.69 Å². The van der Waals surface area contributed by atoms with Crippen molar-refractivity contribution < 1.29 is 13.2 Å². The minimum absolute atomic E-state index is 0.174. The van der Waals surface area contributed by atoms with Crippen LogP contribution in [0.1, 0.15) is 46.6 Å².